The van der Waals surface area contributed by atoms with Gasteiger partial charge in [0.2, 0.25) is 0 Å². The van der Waals surface area contributed by atoms with Gasteiger partial charge in [-0.3, -0.25) is 4.99 Å². The number of hydrogen-bond acceptors (Lipinski definition) is 5. The maximum absolute atomic E-state index is 11.7. The summed E-state index contributed by atoms with van der Waals surface area (Å²) in [4.78, 5) is 17.7. The first-order valence-corrected chi connectivity index (χ1v) is 6.47. The quantitative estimate of drug-likeness (QED) is 0.717. The van der Waals surface area contributed by atoms with E-state index >= 15 is 0 Å². The molecule has 2 aliphatic rings. The third-order valence-electron chi connectivity index (χ3n) is 2.77. The zero-order valence-electron chi connectivity index (χ0n) is 11.3. The molecule has 0 bridgehead atoms. The van der Waals surface area contributed by atoms with Crippen LogP contribution >= 0.6 is 0 Å². The Morgan fingerprint density at radius 2 is 2.22 bits per heavy atom. The smallest absolute Gasteiger partial charge is 0.410 e. The van der Waals surface area contributed by atoms with Crippen LogP contribution < -0.4 is 10.6 Å². The number of rotatable bonds is 1. The Morgan fingerprint density at radius 3 is 2.78 bits per heavy atom. The molecule has 2 rings (SSSR count). The fourth-order valence-corrected chi connectivity index (χ4v) is 1.87. The van der Waals surface area contributed by atoms with Crippen LogP contribution in [0.5, 0.6) is 0 Å². The van der Waals surface area contributed by atoms with E-state index < -0.39 is 5.60 Å². The van der Waals surface area contributed by atoms with Crippen molar-refractivity contribution in [3.8, 4) is 0 Å². The van der Waals surface area contributed by atoms with Crippen LogP contribution in [0, 0.1) is 0 Å². The van der Waals surface area contributed by atoms with E-state index in [0.717, 1.165) is 25.5 Å². The predicted octanol–water partition coefficient (Wildman–Crippen LogP) is 0.545. The van der Waals surface area contributed by atoms with Gasteiger partial charge < -0.3 is 20.3 Å². The molecule has 1 saturated heterocycles. The van der Waals surface area contributed by atoms with Crippen LogP contribution in [-0.2, 0) is 4.74 Å². The van der Waals surface area contributed by atoms with E-state index in [4.69, 9.17) is 4.74 Å². The van der Waals surface area contributed by atoms with E-state index in [2.05, 4.69) is 15.6 Å². The van der Waals surface area contributed by atoms with Crippen molar-refractivity contribution in [1.82, 2.24) is 15.5 Å². The maximum atomic E-state index is 11.7. The van der Waals surface area contributed by atoms with E-state index in [1.807, 2.05) is 20.8 Å². The average molecular weight is 254 g/mol. The van der Waals surface area contributed by atoms with Gasteiger partial charge in [0.15, 0.2) is 5.96 Å². The Bertz CT molecular complexity index is 342. The molecule has 1 fully saturated rings. The number of amides is 1. The molecule has 0 aromatic carbocycles. The number of likely N-dealkylation sites (tertiary alicyclic amines) is 1. The molecule has 1 amide bonds. The normalized spacial score (nSPS) is 20.6. The van der Waals surface area contributed by atoms with Crippen molar-refractivity contribution in [3.05, 3.63) is 0 Å². The number of guanidine groups is 1. The number of hydrogen-bond donors (Lipinski definition) is 2. The van der Waals surface area contributed by atoms with Crippen molar-refractivity contribution < 1.29 is 9.53 Å². The molecule has 2 N–H and O–H groups in total. The molecule has 0 spiro atoms. The fourth-order valence-electron chi connectivity index (χ4n) is 1.87. The second-order valence-electron chi connectivity index (χ2n) is 5.74. The summed E-state index contributed by atoms with van der Waals surface area (Å²) < 4.78 is 5.29. The van der Waals surface area contributed by atoms with Crippen molar-refractivity contribution in [2.24, 2.45) is 4.99 Å². The van der Waals surface area contributed by atoms with Crippen LogP contribution in [0.2, 0.25) is 0 Å². The Labute approximate surface area is 108 Å². The van der Waals surface area contributed by atoms with Gasteiger partial charge in [0.1, 0.15) is 5.60 Å². The molecule has 0 atom stereocenters. The molecule has 2 heterocycles. The van der Waals surface area contributed by atoms with Crippen molar-refractivity contribution in [2.75, 3.05) is 26.2 Å². The highest BCUT2D eigenvalue weighted by Crippen LogP contribution is 2.15. The second kappa shape index (κ2) is 5.04. The Balaban J connectivity index is 1.70. The number of nitrogens with zero attached hydrogens (tertiary/aromatic N) is 2. The number of ether oxygens (including phenoxy) is 1. The first-order valence-electron chi connectivity index (χ1n) is 6.47. The zero-order chi connectivity index (χ0) is 13.2. The third-order valence-corrected chi connectivity index (χ3v) is 2.77. The minimum atomic E-state index is -0.426. The lowest BCUT2D eigenvalue weighted by Crippen LogP contribution is -2.63. The van der Waals surface area contributed by atoms with Crippen LogP contribution in [-0.4, -0.2) is 54.8 Å². The lowest BCUT2D eigenvalue weighted by Gasteiger charge is -2.40. The molecule has 102 valence electrons. The first-order chi connectivity index (χ1) is 8.44. The highest BCUT2D eigenvalue weighted by Gasteiger charge is 2.34. The summed E-state index contributed by atoms with van der Waals surface area (Å²) in [7, 11) is 0. The van der Waals surface area contributed by atoms with Gasteiger partial charge in [-0.2, -0.15) is 0 Å². The monoisotopic (exact) mass is 254 g/mol. The summed E-state index contributed by atoms with van der Waals surface area (Å²) in [6.45, 7) is 8.82. The van der Waals surface area contributed by atoms with Gasteiger partial charge in [-0.05, 0) is 27.2 Å². The summed E-state index contributed by atoms with van der Waals surface area (Å²) in [5, 5.41) is 6.50. The third kappa shape index (κ3) is 3.51. The van der Waals surface area contributed by atoms with Crippen LogP contribution in [0.4, 0.5) is 4.79 Å². The van der Waals surface area contributed by atoms with Gasteiger partial charge in [0, 0.05) is 26.2 Å². The minimum absolute atomic E-state index is 0.237. The van der Waals surface area contributed by atoms with Gasteiger partial charge in [-0.1, -0.05) is 0 Å². The van der Waals surface area contributed by atoms with Crippen molar-refractivity contribution in [2.45, 2.75) is 38.8 Å². The van der Waals surface area contributed by atoms with Crippen LogP contribution in [0.1, 0.15) is 27.2 Å². The summed E-state index contributed by atoms with van der Waals surface area (Å²) in [6, 6.07) is 0.280. The van der Waals surface area contributed by atoms with Gasteiger partial charge in [-0.15, -0.1) is 0 Å². The van der Waals surface area contributed by atoms with E-state index in [1.54, 1.807) is 4.90 Å². The van der Waals surface area contributed by atoms with E-state index in [-0.39, 0.29) is 12.1 Å². The largest absolute Gasteiger partial charge is 0.444 e. The van der Waals surface area contributed by atoms with Crippen LogP contribution in [0.15, 0.2) is 4.99 Å². The summed E-state index contributed by atoms with van der Waals surface area (Å²) >= 11 is 0. The molecule has 0 aromatic heterocycles. The molecule has 0 saturated carbocycles. The Morgan fingerprint density at radius 1 is 1.50 bits per heavy atom. The topological polar surface area (TPSA) is 66.0 Å². The molecule has 18 heavy (non-hydrogen) atoms. The summed E-state index contributed by atoms with van der Waals surface area (Å²) in [5.41, 5.74) is -0.426. The second-order valence-corrected chi connectivity index (χ2v) is 5.74. The Kier molecular flexibility index (Phi) is 3.63. The molecule has 0 radical (unpaired) electrons. The highest BCUT2D eigenvalue weighted by atomic mass is 16.6. The number of aliphatic imine (C=N–C) groups is 1. The average Bonchev–Trinajstić information content (AvgIpc) is 2.21. The standard InChI is InChI=1S/C12H22N4O2/c1-12(2,3)18-11(17)16-7-9(8-16)15-10-13-5-4-6-14-10/h9H,4-8H2,1-3H3,(H2,13,14,15). The van der Waals surface area contributed by atoms with E-state index in [1.165, 1.54) is 0 Å². The molecule has 6 nitrogen and oxygen atoms in total. The first kappa shape index (κ1) is 13.0. The van der Waals surface area contributed by atoms with E-state index in [9.17, 15) is 4.79 Å². The fraction of sp³-hybridized carbons (Fsp3) is 0.833. The van der Waals surface area contributed by atoms with Crippen molar-refractivity contribution in [1.29, 1.82) is 0 Å². The highest BCUT2D eigenvalue weighted by molar-refractivity contribution is 5.81. The number of nitrogens with one attached hydrogen (secondary N) is 2. The molecule has 6 heteroatoms. The predicted molar refractivity (Wildman–Crippen MR) is 69.7 cm³/mol. The summed E-state index contributed by atoms with van der Waals surface area (Å²) in [5.74, 6) is 0.857. The van der Waals surface area contributed by atoms with Gasteiger partial charge in [0.05, 0.1) is 6.04 Å². The molecule has 0 aromatic rings. The molecular formula is C12H22N4O2. The van der Waals surface area contributed by atoms with Gasteiger partial charge in [-0.25, -0.2) is 4.79 Å². The molecule has 0 unspecified atom stereocenters. The van der Waals surface area contributed by atoms with Crippen molar-refractivity contribution in [3.63, 3.8) is 0 Å². The van der Waals surface area contributed by atoms with Gasteiger partial charge in [0.25, 0.3) is 0 Å². The lowest BCUT2D eigenvalue weighted by atomic mass is 10.1. The molecule has 2 aliphatic heterocycles. The molecule has 0 aliphatic carbocycles. The van der Waals surface area contributed by atoms with Gasteiger partial charge >= 0.3 is 6.09 Å². The lowest BCUT2D eigenvalue weighted by molar-refractivity contribution is 0.00699. The Hall–Kier alpha value is -1.46. The van der Waals surface area contributed by atoms with Crippen LogP contribution in [0.25, 0.3) is 0 Å². The SMILES string of the molecule is CC(C)(C)OC(=O)N1CC(NC2=NCCCN2)C1. The number of carbonyl (C=O) groups excluding carboxylic acids is 1. The van der Waals surface area contributed by atoms with E-state index in [0.29, 0.717) is 13.1 Å². The summed E-state index contributed by atoms with van der Waals surface area (Å²) in [6.07, 6.45) is 0.846. The maximum Gasteiger partial charge on any atom is 0.410 e. The minimum Gasteiger partial charge on any atom is -0.444 e. The van der Waals surface area contributed by atoms with Crippen molar-refractivity contribution >= 4 is 12.1 Å². The zero-order valence-corrected chi connectivity index (χ0v) is 11.3. The molecular weight excluding hydrogens is 232 g/mol. The number of carbonyl (C=O) groups is 1. The van der Waals surface area contributed by atoms with Crippen LogP contribution in [0.3, 0.4) is 0 Å².